The number of carbonyl (C=O) groups is 2. The van der Waals surface area contributed by atoms with Crippen molar-refractivity contribution in [1.29, 1.82) is 0 Å². The van der Waals surface area contributed by atoms with Crippen LogP contribution >= 0.6 is 23.6 Å². The first kappa shape index (κ1) is 26.4. The summed E-state index contributed by atoms with van der Waals surface area (Å²) >= 11 is 6.77. The van der Waals surface area contributed by atoms with E-state index in [4.69, 9.17) is 21.7 Å². The van der Waals surface area contributed by atoms with Gasteiger partial charge in [-0.2, -0.15) is 0 Å². The summed E-state index contributed by atoms with van der Waals surface area (Å²) in [7, 11) is 0. The van der Waals surface area contributed by atoms with Crippen LogP contribution in [0.1, 0.15) is 59.5 Å². The van der Waals surface area contributed by atoms with Crippen molar-refractivity contribution in [3.8, 4) is 5.75 Å². The SMILES string of the molecule is CCOC(=O)c1c(NC(=S)NNC(=O)[C@H](C)Oc2ccc(C)cc2[N+](=O)[O-])sc2c1CCCCC2. The minimum atomic E-state index is -1.04. The molecule has 188 valence electrons. The van der Waals surface area contributed by atoms with Crippen molar-refractivity contribution >= 4 is 51.2 Å². The molecule has 1 aromatic carbocycles. The Labute approximate surface area is 212 Å². The Morgan fingerprint density at radius 1 is 1.23 bits per heavy atom. The summed E-state index contributed by atoms with van der Waals surface area (Å²) in [5, 5.41) is 14.9. The number of nitro benzene ring substituents is 1. The number of nitrogens with zero attached hydrogens (tertiary/aromatic N) is 1. The second kappa shape index (κ2) is 11.9. The molecule has 1 aromatic heterocycles. The fraction of sp³-hybridized carbons (Fsp3) is 0.435. The van der Waals surface area contributed by atoms with Crippen LogP contribution in [-0.4, -0.2) is 34.6 Å². The summed E-state index contributed by atoms with van der Waals surface area (Å²) in [6.07, 6.45) is 3.84. The Morgan fingerprint density at radius 2 is 1.97 bits per heavy atom. The third kappa shape index (κ3) is 6.67. The summed E-state index contributed by atoms with van der Waals surface area (Å²) in [5.74, 6) is -0.998. The van der Waals surface area contributed by atoms with E-state index >= 15 is 0 Å². The van der Waals surface area contributed by atoms with Crippen LogP contribution in [0, 0.1) is 17.0 Å². The fourth-order valence-electron chi connectivity index (χ4n) is 3.72. The highest BCUT2D eigenvalue weighted by atomic mass is 32.1. The van der Waals surface area contributed by atoms with Crippen molar-refractivity contribution in [1.82, 2.24) is 10.9 Å². The quantitative estimate of drug-likeness (QED) is 0.162. The number of amides is 1. The zero-order valence-electron chi connectivity index (χ0n) is 19.8. The lowest BCUT2D eigenvalue weighted by atomic mass is 10.1. The number of ether oxygens (including phenoxy) is 2. The molecule has 3 rings (SSSR count). The lowest BCUT2D eigenvalue weighted by Gasteiger charge is -2.16. The second-order valence-corrected chi connectivity index (χ2v) is 9.56. The van der Waals surface area contributed by atoms with Crippen LogP contribution in [0.5, 0.6) is 5.75 Å². The van der Waals surface area contributed by atoms with E-state index in [0.29, 0.717) is 16.1 Å². The van der Waals surface area contributed by atoms with Crippen molar-refractivity contribution in [3.05, 3.63) is 49.9 Å². The van der Waals surface area contributed by atoms with Crippen LogP contribution in [0.3, 0.4) is 0 Å². The highest BCUT2D eigenvalue weighted by Crippen LogP contribution is 2.38. The molecule has 0 aliphatic heterocycles. The molecule has 12 heteroatoms. The molecule has 1 heterocycles. The zero-order chi connectivity index (χ0) is 25.5. The molecule has 0 saturated heterocycles. The minimum absolute atomic E-state index is 0.0110. The second-order valence-electron chi connectivity index (χ2n) is 8.05. The van der Waals surface area contributed by atoms with E-state index in [1.54, 1.807) is 19.9 Å². The average molecular weight is 521 g/mol. The molecule has 1 aliphatic carbocycles. The molecule has 1 aliphatic rings. The smallest absolute Gasteiger partial charge is 0.341 e. The lowest BCUT2D eigenvalue weighted by Crippen LogP contribution is -2.48. The number of thiocarbonyl (C=S) groups is 1. The summed E-state index contributed by atoms with van der Waals surface area (Å²) in [6.45, 7) is 5.21. The van der Waals surface area contributed by atoms with Gasteiger partial charge in [-0.1, -0.05) is 12.5 Å². The molecule has 1 amide bonds. The molecule has 3 N–H and O–H groups in total. The fourth-order valence-corrected chi connectivity index (χ4v) is 5.22. The molecule has 0 unspecified atom stereocenters. The maximum atomic E-state index is 12.7. The van der Waals surface area contributed by atoms with Crippen LogP contribution in [-0.2, 0) is 22.4 Å². The first-order valence-electron chi connectivity index (χ1n) is 11.3. The van der Waals surface area contributed by atoms with Crippen LogP contribution < -0.4 is 20.9 Å². The number of rotatable bonds is 7. The number of carbonyl (C=O) groups excluding carboxylic acids is 2. The molecule has 0 saturated carbocycles. The number of hydrazine groups is 1. The van der Waals surface area contributed by atoms with E-state index < -0.39 is 22.9 Å². The highest BCUT2D eigenvalue weighted by Gasteiger charge is 2.26. The number of hydrogen-bond acceptors (Lipinski definition) is 8. The summed E-state index contributed by atoms with van der Waals surface area (Å²) in [5.41, 5.74) is 7.00. The third-order valence-electron chi connectivity index (χ3n) is 5.41. The first-order chi connectivity index (χ1) is 16.7. The minimum Gasteiger partial charge on any atom is -0.474 e. The number of nitro groups is 1. The van der Waals surface area contributed by atoms with Gasteiger partial charge < -0.3 is 14.8 Å². The van der Waals surface area contributed by atoms with E-state index in [9.17, 15) is 19.7 Å². The normalized spacial score (nSPS) is 13.6. The molecule has 10 nitrogen and oxygen atoms in total. The van der Waals surface area contributed by atoms with E-state index in [-0.39, 0.29) is 23.2 Å². The van der Waals surface area contributed by atoms with Gasteiger partial charge in [-0.05, 0) is 75.9 Å². The van der Waals surface area contributed by atoms with E-state index in [1.807, 2.05) is 0 Å². The van der Waals surface area contributed by atoms with Gasteiger partial charge in [0.1, 0.15) is 5.00 Å². The molecule has 2 aromatic rings. The molecule has 0 spiro atoms. The van der Waals surface area contributed by atoms with Crippen molar-refractivity contribution in [2.45, 2.75) is 59.0 Å². The highest BCUT2D eigenvalue weighted by molar-refractivity contribution is 7.80. The Hall–Kier alpha value is -3.25. The first-order valence-corrected chi connectivity index (χ1v) is 12.5. The van der Waals surface area contributed by atoms with Gasteiger partial charge >= 0.3 is 11.7 Å². The Bertz CT molecular complexity index is 1130. The number of nitrogens with one attached hydrogen (secondary N) is 3. The molecule has 0 radical (unpaired) electrons. The molecular formula is C23H28N4O6S2. The number of thiophene rings is 1. The van der Waals surface area contributed by atoms with E-state index in [2.05, 4.69) is 16.2 Å². The average Bonchev–Trinajstić information content (AvgIpc) is 2.98. The number of anilines is 1. The lowest BCUT2D eigenvalue weighted by molar-refractivity contribution is -0.386. The maximum absolute atomic E-state index is 12.7. The summed E-state index contributed by atoms with van der Waals surface area (Å²) in [6, 6.07) is 4.49. The Kier molecular flexibility index (Phi) is 8.99. The van der Waals surface area contributed by atoms with E-state index in [1.165, 1.54) is 30.4 Å². The third-order valence-corrected chi connectivity index (χ3v) is 6.82. The van der Waals surface area contributed by atoms with Gasteiger partial charge in [0.2, 0.25) is 0 Å². The number of benzene rings is 1. The molecule has 35 heavy (non-hydrogen) atoms. The number of esters is 1. The van der Waals surface area contributed by atoms with Crippen molar-refractivity contribution in [3.63, 3.8) is 0 Å². The maximum Gasteiger partial charge on any atom is 0.341 e. The zero-order valence-corrected chi connectivity index (χ0v) is 21.4. The van der Waals surface area contributed by atoms with Crippen molar-refractivity contribution in [2.75, 3.05) is 11.9 Å². The predicted molar refractivity (Wildman–Crippen MR) is 137 cm³/mol. The standard InChI is InChI=1S/C23H28N4O6S2/c1-4-32-22(29)19-15-8-6-5-7-9-18(15)35-21(19)24-23(34)26-25-20(28)14(3)33-17-11-10-13(2)12-16(17)27(30)31/h10-12,14H,4-9H2,1-3H3,(H,25,28)(H2,24,26,34)/t14-/m0/s1. The number of hydrogen-bond donors (Lipinski definition) is 3. The number of aryl methyl sites for hydroxylation is 2. The molecular weight excluding hydrogens is 492 g/mol. The van der Waals surface area contributed by atoms with Crippen LogP contribution in [0.2, 0.25) is 0 Å². The summed E-state index contributed by atoms with van der Waals surface area (Å²) < 4.78 is 10.8. The van der Waals surface area contributed by atoms with Gasteiger partial charge in [0.05, 0.1) is 17.1 Å². The van der Waals surface area contributed by atoms with Crippen molar-refractivity contribution < 1.29 is 24.0 Å². The molecule has 1 atom stereocenters. The number of fused-ring (bicyclic) bond motifs is 1. The van der Waals surface area contributed by atoms with Gasteiger partial charge in [-0.3, -0.25) is 25.8 Å². The van der Waals surface area contributed by atoms with Gasteiger partial charge in [-0.25, -0.2) is 4.79 Å². The van der Waals surface area contributed by atoms with Gasteiger partial charge in [0.15, 0.2) is 17.0 Å². The van der Waals surface area contributed by atoms with Gasteiger partial charge in [0, 0.05) is 10.9 Å². The monoisotopic (exact) mass is 520 g/mol. The van der Waals surface area contributed by atoms with E-state index in [0.717, 1.165) is 42.5 Å². The summed E-state index contributed by atoms with van der Waals surface area (Å²) in [4.78, 5) is 37.0. The van der Waals surface area contributed by atoms with Crippen LogP contribution in [0.25, 0.3) is 0 Å². The Morgan fingerprint density at radius 3 is 2.69 bits per heavy atom. The largest absolute Gasteiger partial charge is 0.474 e. The molecule has 0 bridgehead atoms. The van der Waals surface area contributed by atoms with Crippen molar-refractivity contribution in [2.24, 2.45) is 0 Å². The van der Waals surface area contributed by atoms with Crippen LogP contribution in [0.15, 0.2) is 18.2 Å². The van der Waals surface area contributed by atoms with Gasteiger partial charge in [-0.15, -0.1) is 11.3 Å². The van der Waals surface area contributed by atoms with Crippen LogP contribution in [0.4, 0.5) is 10.7 Å². The topological polar surface area (TPSA) is 132 Å². The Balaban J connectivity index is 1.64. The molecule has 0 fully saturated rings. The predicted octanol–water partition coefficient (Wildman–Crippen LogP) is 4.20. The van der Waals surface area contributed by atoms with Gasteiger partial charge in [0.25, 0.3) is 5.91 Å².